The summed E-state index contributed by atoms with van der Waals surface area (Å²) in [5, 5.41) is 6.11. The Kier molecular flexibility index (Phi) is 7.62. The van der Waals surface area contributed by atoms with Crippen molar-refractivity contribution >= 4 is 39.5 Å². The van der Waals surface area contributed by atoms with E-state index in [9.17, 15) is 0 Å². The highest BCUT2D eigenvalue weighted by molar-refractivity contribution is 7.99. The van der Waals surface area contributed by atoms with Gasteiger partial charge in [0.15, 0.2) is 0 Å². The molecule has 8 aromatic rings. The Balaban J connectivity index is 0.984. The Labute approximate surface area is 314 Å². The second-order valence-corrected chi connectivity index (χ2v) is 15.8. The predicted molar refractivity (Wildman–Crippen MR) is 220 cm³/mol. The van der Waals surface area contributed by atoms with Crippen molar-refractivity contribution in [2.24, 2.45) is 4.99 Å². The largest absolute Gasteiger partial charge is 0.455 e. The van der Waals surface area contributed by atoms with Crippen LogP contribution in [-0.4, -0.2) is 5.84 Å². The molecule has 2 aliphatic rings. The van der Waals surface area contributed by atoms with Gasteiger partial charge in [0.2, 0.25) is 0 Å². The van der Waals surface area contributed by atoms with E-state index in [2.05, 4.69) is 171 Å². The number of amidine groups is 1. The van der Waals surface area contributed by atoms with Gasteiger partial charge in [0.05, 0.1) is 12.1 Å². The molecule has 0 saturated carbocycles. The number of nitrogens with one attached hydrogen (secondary N) is 1. The summed E-state index contributed by atoms with van der Waals surface area (Å²) in [6.45, 7) is 4.71. The second-order valence-electron chi connectivity index (χ2n) is 14.8. The van der Waals surface area contributed by atoms with E-state index in [0.29, 0.717) is 0 Å². The van der Waals surface area contributed by atoms with Crippen LogP contribution in [0.2, 0.25) is 0 Å². The molecule has 1 aromatic heterocycles. The Bertz CT molecular complexity index is 2690. The molecule has 10 rings (SSSR count). The van der Waals surface area contributed by atoms with Gasteiger partial charge in [0.1, 0.15) is 17.0 Å². The molecule has 0 amide bonds. The van der Waals surface area contributed by atoms with Gasteiger partial charge in [-0.25, -0.2) is 0 Å². The first-order valence-electron chi connectivity index (χ1n) is 18.4. The van der Waals surface area contributed by atoms with Crippen LogP contribution < -0.4 is 5.32 Å². The van der Waals surface area contributed by atoms with Crippen LogP contribution >= 0.6 is 11.8 Å². The number of aliphatic imine (C=N–C) groups is 1. The lowest BCUT2D eigenvalue weighted by Gasteiger charge is -2.35. The molecule has 2 atom stereocenters. The fraction of sp³-hybridized carbons (Fsp3) is 0.122. The van der Waals surface area contributed by atoms with E-state index in [0.717, 1.165) is 50.9 Å². The molecule has 0 bridgehead atoms. The monoisotopic (exact) mass is 702 g/mol. The van der Waals surface area contributed by atoms with Gasteiger partial charge in [-0.05, 0) is 75.7 Å². The van der Waals surface area contributed by atoms with Gasteiger partial charge in [-0.3, -0.25) is 4.99 Å². The van der Waals surface area contributed by atoms with E-state index >= 15 is 0 Å². The smallest absolute Gasteiger partial charge is 0.143 e. The van der Waals surface area contributed by atoms with Gasteiger partial charge in [0.25, 0.3) is 0 Å². The third-order valence-corrected chi connectivity index (χ3v) is 12.3. The lowest BCUT2D eigenvalue weighted by Crippen LogP contribution is -2.34. The molecule has 0 saturated heterocycles. The number of hydrogen-bond donors (Lipinski definition) is 1. The number of furan rings is 1. The summed E-state index contributed by atoms with van der Waals surface area (Å²) in [6, 6.07) is 59.2. The topological polar surface area (TPSA) is 37.5 Å². The van der Waals surface area contributed by atoms with Gasteiger partial charge >= 0.3 is 0 Å². The number of fused-ring (bicyclic) bond motifs is 5. The normalized spacial score (nSPS) is 17.5. The van der Waals surface area contributed by atoms with Gasteiger partial charge in [0, 0.05) is 37.1 Å². The van der Waals surface area contributed by atoms with Crippen LogP contribution in [0.15, 0.2) is 183 Å². The highest BCUT2D eigenvalue weighted by Crippen LogP contribution is 2.50. The van der Waals surface area contributed by atoms with Gasteiger partial charge < -0.3 is 9.73 Å². The van der Waals surface area contributed by atoms with E-state index in [-0.39, 0.29) is 17.5 Å². The van der Waals surface area contributed by atoms with E-state index in [1.807, 2.05) is 23.9 Å². The summed E-state index contributed by atoms with van der Waals surface area (Å²) in [4.78, 5) is 8.05. The second kappa shape index (κ2) is 12.7. The number of hydrogen-bond acceptors (Lipinski definition) is 4. The van der Waals surface area contributed by atoms with Crippen molar-refractivity contribution in [1.82, 2.24) is 5.32 Å². The third kappa shape index (κ3) is 5.57. The van der Waals surface area contributed by atoms with Crippen LogP contribution in [0.3, 0.4) is 0 Å². The molecule has 0 spiro atoms. The lowest BCUT2D eigenvalue weighted by molar-refractivity contribution is 0.491. The first kappa shape index (κ1) is 31.9. The summed E-state index contributed by atoms with van der Waals surface area (Å²) in [7, 11) is 0. The zero-order valence-electron chi connectivity index (χ0n) is 29.7. The minimum atomic E-state index is -0.0734. The Hall–Kier alpha value is -5.84. The number of para-hydroxylation sites is 2. The van der Waals surface area contributed by atoms with E-state index < -0.39 is 0 Å². The molecule has 0 radical (unpaired) electrons. The van der Waals surface area contributed by atoms with Crippen LogP contribution in [0, 0.1) is 0 Å². The Morgan fingerprint density at radius 1 is 0.585 bits per heavy atom. The van der Waals surface area contributed by atoms with Crippen molar-refractivity contribution < 1.29 is 4.42 Å². The van der Waals surface area contributed by atoms with Gasteiger partial charge in [-0.15, -0.1) is 0 Å². The fourth-order valence-electron chi connectivity index (χ4n) is 8.29. The summed E-state index contributed by atoms with van der Waals surface area (Å²) in [5.74, 6) is 0.930. The molecule has 2 aliphatic heterocycles. The maximum absolute atomic E-state index is 6.37. The molecular formula is C49H38N2OS. The average molecular weight is 703 g/mol. The molecule has 1 N–H and O–H groups in total. The molecular weight excluding hydrogens is 665 g/mol. The molecule has 0 aliphatic carbocycles. The third-order valence-electron chi connectivity index (χ3n) is 11.2. The Morgan fingerprint density at radius 2 is 1.28 bits per heavy atom. The van der Waals surface area contributed by atoms with Crippen molar-refractivity contribution in [3.8, 4) is 22.3 Å². The summed E-state index contributed by atoms with van der Waals surface area (Å²) in [6.07, 6.45) is 0.850. The van der Waals surface area contributed by atoms with Crippen LogP contribution in [0.5, 0.6) is 0 Å². The van der Waals surface area contributed by atoms with Crippen molar-refractivity contribution in [2.45, 2.75) is 47.6 Å². The first-order chi connectivity index (χ1) is 26.0. The van der Waals surface area contributed by atoms with Crippen LogP contribution in [0.1, 0.15) is 60.2 Å². The van der Waals surface area contributed by atoms with Crippen LogP contribution in [0.4, 0.5) is 0 Å². The summed E-state index contributed by atoms with van der Waals surface area (Å²) in [5.41, 5.74) is 12.8. The number of benzene rings is 7. The molecule has 7 aromatic carbocycles. The quantitative estimate of drug-likeness (QED) is 0.194. The van der Waals surface area contributed by atoms with E-state index in [1.54, 1.807) is 0 Å². The zero-order valence-corrected chi connectivity index (χ0v) is 30.5. The van der Waals surface area contributed by atoms with Crippen molar-refractivity contribution in [1.29, 1.82) is 0 Å². The number of nitrogens with zero attached hydrogens (tertiary/aromatic N) is 1. The molecule has 256 valence electrons. The van der Waals surface area contributed by atoms with E-state index in [1.165, 1.54) is 43.2 Å². The molecule has 0 fully saturated rings. The maximum atomic E-state index is 6.37. The molecule has 4 heteroatoms. The minimum Gasteiger partial charge on any atom is -0.455 e. The van der Waals surface area contributed by atoms with Crippen molar-refractivity contribution in [3.05, 3.63) is 192 Å². The van der Waals surface area contributed by atoms with Crippen LogP contribution in [0.25, 0.3) is 44.2 Å². The molecule has 3 heterocycles. The molecule has 2 unspecified atom stereocenters. The van der Waals surface area contributed by atoms with E-state index in [4.69, 9.17) is 9.41 Å². The minimum absolute atomic E-state index is 0.00289. The molecule has 3 nitrogen and oxygen atoms in total. The predicted octanol–water partition coefficient (Wildman–Crippen LogP) is 12.9. The fourth-order valence-corrected chi connectivity index (χ4v) is 9.67. The highest BCUT2D eigenvalue weighted by atomic mass is 32.2. The maximum Gasteiger partial charge on any atom is 0.143 e. The van der Waals surface area contributed by atoms with Crippen LogP contribution in [-0.2, 0) is 5.41 Å². The summed E-state index contributed by atoms with van der Waals surface area (Å²) >= 11 is 1.88. The standard InChI is InChI=1S/C49H38N2OS/c1-49(2)40-19-7-9-21-45(40)53-46-27-26-35(29-41(46)49)34-14-10-15-36(28-34)43-30-42(50-48(51-43)33-12-4-3-5-13-33)32-24-22-31(23-25-32)37-17-11-18-39-38-16-6-8-20-44(38)52-47(37)39/h3-29,42-43H,30H2,1-2H3,(H,50,51). The van der Waals surface area contributed by atoms with Crippen molar-refractivity contribution in [3.63, 3.8) is 0 Å². The first-order valence-corrected chi connectivity index (χ1v) is 19.2. The Morgan fingerprint density at radius 3 is 2.17 bits per heavy atom. The van der Waals surface area contributed by atoms with Crippen molar-refractivity contribution in [2.75, 3.05) is 0 Å². The summed E-state index contributed by atoms with van der Waals surface area (Å²) < 4.78 is 6.37. The number of rotatable bonds is 5. The SMILES string of the molecule is CC1(C)c2ccccc2Sc2ccc(-c3cccc(C4CC(c5ccc(-c6cccc7c6oc6ccccc67)cc5)NC(c5ccccc5)=N4)c3)cc21. The van der Waals surface area contributed by atoms with Gasteiger partial charge in [-0.2, -0.15) is 0 Å². The zero-order chi connectivity index (χ0) is 35.5. The lowest BCUT2D eigenvalue weighted by atomic mass is 9.77. The average Bonchev–Trinajstić information content (AvgIpc) is 3.60. The van der Waals surface area contributed by atoms with Gasteiger partial charge in [-0.1, -0.05) is 159 Å². The molecule has 53 heavy (non-hydrogen) atoms. The highest BCUT2D eigenvalue weighted by Gasteiger charge is 2.33.